The number of H-pyrrole nitrogens is 1. The smallest absolute Gasteiger partial charge is 0.260 e. The van der Waals surface area contributed by atoms with E-state index in [-0.39, 0.29) is 10.8 Å². The van der Waals surface area contributed by atoms with Crippen LogP contribution in [-0.2, 0) is 0 Å². The summed E-state index contributed by atoms with van der Waals surface area (Å²) < 4.78 is 0.994. The fraction of sp³-hybridized carbons (Fsp3) is 0.188. The van der Waals surface area contributed by atoms with E-state index in [1.165, 1.54) is 11.3 Å². The molecule has 4 rings (SSSR count). The van der Waals surface area contributed by atoms with Gasteiger partial charge in [-0.15, -0.1) is 34.0 Å². The van der Waals surface area contributed by atoms with E-state index in [0.717, 1.165) is 25.3 Å². The van der Waals surface area contributed by atoms with Gasteiger partial charge in [-0.25, -0.2) is 9.97 Å². The zero-order chi connectivity index (χ0) is 16.7. The van der Waals surface area contributed by atoms with Crippen molar-refractivity contribution in [3.05, 3.63) is 50.1 Å². The van der Waals surface area contributed by atoms with Gasteiger partial charge in [-0.05, 0) is 25.3 Å². The highest BCUT2D eigenvalue weighted by molar-refractivity contribution is 8.01. The maximum atomic E-state index is 12.6. The second-order valence-electron chi connectivity index (χ2n) is 5.27. The lowest BCUT2D eigenvalue weighted by molar-refractivity contribution is 0.924. The van der Waals surface area contributed by atoms with Crippen LogP contribution in [0, 0.1) is 6.92 Å². The number of aromatic nitrogens is 3. The summed E-state index contributed by atoms with van der Waals surface area (Å²) in [6.07, 6.45) is 0. The van der Waals surface area contributed by atoms with Gasteiger partial charge >= 0.3 is 0 Å². The third-order valence-corrected chi connectivity index (χ3v) is 7.48. The monoisotopic (exact) mass is 391 g/mol. The lowest BCUT2D eigenvalue weighted by Gasteiger charge is -2.08. The average Bonchev–Trinajstić information content (AvgIpc) is 3.27. The minimum atomic E-state index is -0.0672. The third kappa shape index (κ3) is 2.95. The Morgan fingerprint density at radius 1 is 1.21 bits per heavy atom. The van der Waals surface area contributed by atoms with Gasteiger partial charge in [0.15, 0.2) is 4.34 Å². The number of nitrogens with one attached hydrogen (secondary N) is 1. The number of nitrogens with zero attached hydrogens (tertiary/aromatic N) is 2. The highest BCUT2D eigenvalue weighted by Crippen LogP contribution is 2.37. The van der Waals surface area contributed by atoms with Crippen LogP contribution in [-0.4, -0.2) is 15.0 Å². The first-order valence-corrected chi connectivity index (χ1v) is 10.8. The molecule has 0 aliphatic rings. The molecule has 0 radical (unpaired) electrons. The van der Waals surface area contributed by atoms with Crippen LogP contribution >= 0.6 is 45.8 Å². The van der Waals surface area contributed by atoms with Crippen LogP contribution in [0.1, 0.15) is 23.7 Å². The van der Waals surface area contributed by atoms with E-state index in [0.29, 0.717) is 11.2 Å². The molecule has 1 atom stereocenters. The second kappa shape index (κ2) is 6.44. The standard InChI is InChI=1S/C16H13N3OS4/c1-8-6-23-16(17-8)24-9(2)13-18-14(20)12-10(7-22-15(12)19-13)11-4-3-5-21-11/h3-7,9H,1-2H3,(H,18,19,20). The first-order valence-electron chi connectivity index (χ1n) is 7.26. The predicted molar refractivity (Wildman–Crippen MR) is 105 cm³/mol. The van der Waals surface area contributed by atoms with E-state index in [4.69, 9.17) is 4.98 Å². The Morgan fingerprint density at radius 3 is 2.79 bits per heavy atom. The molecule has 0 bridgehead atoms. The number of hydrogen-bond donors (Lipinski definition) is 1. The topological polar surface area (TPSA) is 58.6 Å². The van der Waals surface area contributed by atoms with Gasteiger partial charge in [0.05, 0.1) is 10.6 Å². The summed E-state index contributed by atoms with van der Waals surface area (Å²) in [5.41, 5.74) is 1.93. The number of fused-ring (bicyclic) bond motifs is 1. The molecule has 4 nitrogen and oxygen atoms in total. The average molecular weight is 392 g/mol. The zero-order valence-electron chi connectivity index (χ0n) is 12.9. The van der Waals surface area contributed by atoms with Crippen molar-refractivity contribution in [1.82, 2.24) is 15.0 Å². The van der Waals surface area contributed by atoms with Crippen molar-refractivity contribution in [3.8, 4) is 10.4 Å². The van der Waals surface area contributed by atoms with Gasteiger partial charge < -0.3 is 4.98 Å². The van der Waals surface area contributed by atoms with E-state index in [1.807, 2.05) is 42.1 Å². The molecule has 4 heterocycles. The third-order valence-electron chi connectivity index (χ3n) is 3.51. The van der Waals surface area contributed by atoms with Crippen molar-refractivity contribution in [2.75, 3.05) is 0 Å². The maximum Gasteiger partial charge on any atom is 0.260 e. The van der Waals surface area contributed by atoms with Gasteiger partial charge in [-0.2, -0.15) is 0 Å². The van der Waals surface area contributed by atoms with E-state index in [9.17, 15) is 4.79 Å². The van der Waals surface area contributed by atoms with Crippen LogP contribution < -0.4 is 5.56 Å². The molecule has 0 aliphatic heterocycles. The molecular formula is C16H13N3OS4. The van der Waals surface area contributed by atoms with Crippen molar-refractivity contribution in [2.45, 2.75) is 23.4 Å². The number of thiazole rings is 1. The molecule has 0 aromatic carbocycles. The minimum Gasteiger partial charge on any atom is -0.309 e. The van der Waals surface area contributed by atoms with Crippen LogP contribution in [0.15, 0.2) is 37.4 Å². The van der Waals surface area contributed by atoms with Crippen LogP contribution in [0.4, 0.5) is 0 Å². The molecule has 0 saturated heterocycles. The lowest BCUT2D eigenvalue weighted by atomic mass is 10.2. The van der Waals surface area contributed by atoms with E-state index in [1.54, 1.807) is 34.4 Å². The SMILES string of the molecule is Cc1csc(SC(C)c2nc3scc(-c4cccs4)c3c(=O)[nH]2)n1. The van der Waals surface area contributed by atoms with Crippen LogP contribution in [0.5, 0.6) is 0 Å². The highest BCUT2D eigenvalue weighted by atomic mass is 32.2. The van der Waals surface area contributed by atoms with Crippen LogP contribution in [0.2, 0.25) is 0 Å². The van der Waals surface area contributed by atoms with Crippen molar-refractivity contribution < 1.29 is 0 Å². The summed E-state index contributed by atoms with van der Waals surface area (Å²) in [4.78, 5) is 26.6. The first kappa shape index (κ1) is 16.0. The van der Waals surface area contributed by atoms with Gasteiger partial charge in [-0.3, -0.25) is 4.79 Å². The largest absolute Gasteiger partial charge is 0.309 e. The summed E-state index contributed by atoms with van der Waals surface area (Å²) in [7, 11) is 0. The molecule has 4 aromatic rings. The summed E-state index contributed by atoms with van der Waals surface area (Å²) in [5.74, 6) is 0.699. The molecule has 24 heavy (non-hydrogen) atoms. The molecule has 0 saturated carbocycles. The van der Waals surface area contributed by atoms with E-state index < -0.39 is 0 Å². The minimum absolute atomic E-state index is 0.0416. The normalized spacial score (nSPS) is 12.8. The quantitative estimate of drug-likeness (QED) is 0.478. The van der Waals surface area contributed by atoms with Crippen molar-refractivity contribution >= 4 is 56.0 Å². The zero-order valence-corrected chi connectivity index (χ0v) is 16.2. The number of thioether (sulfide) groups is 1. The summed E-state index contributed by atoms with van der Waals surface area (Å²) in [6, 6.07) is 4.02. The molecule has 1 N–H and O–H groups in total. The maximum absolute atomic E-state index is 12.6. The predicted octanol–water partition coefficient (Wildman–Crippen LogP) is 5.33. The molecule has 0 spiro atoms. The molecule has 122 valence electrons. The summed E-state index contributed by atoms with van der Waals surface area (Å²) >= 11 is 6.40. The number of aromatic amines is 1. The molecule has 0 amide bonds. The van der Waals surface area contributed by atoms with Crippen molar-refractivity contribution in [1.29, 1.82) is 0 Å². The Bertz CT molecular complexity index is 1050. The fourth-order valence-corrected chi connectivity index (χ4v) is 6.18. The van der Waals surface area contributed by atoms with Gasteiger partial charge in [0.25, 0.3) is 5.56 Å². The Hall–Kier alpha value is -1.48. The lowest BCUT2D eigenvalue weighted by Crippen LogP contribution is -2.12. The van der Waals surface area contributed by atoms with Gasteiger partial charge in [0.2, 0.25) is 0 Å². The van der Waals surface area contributed by atoms with Crippen molar-refractivity contribution in [2.24, 2.45) is 0 Å². The first-order chi connectivity index (χ1) is 11.6. The summed E-state index contributed by atoms with van der Waals surface area (Å²) in [6.45, 7) is 4.02. The molecule has 4 aromatic heterocycles. The number of thiophene rings is 2. The Balaban J connectivity index is 1.72. The highest BCUT2D eigenvalue weighted by Gasteiger charge is 2.17. The van der Waals surface area contributed by atoms with Crippen molar-refractivity contribution in [3.63, 3.8) is 0 Å². The molecule has 0 fully saturated rings. The Kier molecular flexibility index (Phi) is 4.29. The Morgan fingerprint density at radius 2 is 2.08 bits per heavy atom. The molecular weight excluding hydrogens is 378 g/mol. The number of hydrogen-bond acceptors (Lipinski definition) is 7. The van der Waals surface area contributed by atoms with Crippen LogP contribution in [0.3, 0.4) is 0 Å². The fourth-order valence-electron chi connectivity index (χ4n) is 2.36. The number of rotatable bonds is 4. The summed E-state index contributed by atoms with van der Waals surface area (Å²) in [5, 5.41) is 6.79. The van der Waals surface area contributed by atoms with Gasteiger partial charge in [0.1, 0.15) is 10.7 Å². The molecule has 0 aliphatic carbocycles. The Labute approximate surface area is 154 Å². The van der Waals surface area contributed by atoms with Crippen LogP contribution in [0.25, 0.3) is 20.7 Å². The van der Waals surface area contributed by atoms with Gasteiger partial charge in [0, 0.05) is 26.9 Å². The van der Waals surface area contributed by atoms with E-state index >= 15 is 0 Å². The molecule has 1 unspecified atom stereocenters. The van der Waals surface area contributed by atoms with Gasteiger partial charge in [-0.1, -0.05) is 17.8 Å². The second-order valence-corrected chi connectivity index (χ2v) is 9.52. The van der Waals surface area contributed by atoms with E-state index in [2.05, 4.69) is 9.97 Å². The number of aryl methyl sites for hydroxylation is 1. The molecule has 8 heteroatoms.